The summed E-state index contributed by atoms with van der Waals surface area (Å²) in [4.78, 5) is 20.9. The molecular weight excluding hydrogens is 330 g/mol. The van der Waals surface area contributed by atoms with Crippen molar-refractivity contribution in [1.29, 1.82) is 0 Å². The van der Waals surface area contributed by atoms with Crippen molar-refractivity contribution in [3.8, 4) is 0 Å². The van der Waals surface area contributed by atoms with Crippen LogP contribution in [-0.4, -0.2) is 39.9 Å². The molecule has 1 aliphatic heterocycles. The molecule has 6 nitrogen and oxygen atoms in total. The van der Waals surface area contributed by atoms with Gasteiger partial charge in [0.15, 0.2) is 17.5 Å². The predicted octanol–water partition coefficient (Wildman–Crippen LogP) is 2.95. The van der Waals surface area contributed by atoms with Crippen molar-refractivity contribution in [2.24, 2.45) is 5.16 Å². The van der Waals surface area contributed by atoms with Gasteiger partial charge < -0.3 is 14.1 Å². The third-order valence-electron chi connectivity index (χ3n) is 4.44. The molecule has 1 unspecified atom stereocenters. The van der Waals surface area contributed by atoms with Crippen molar-refractivity contribution in [1.82, 2.24) is 9.55 Å². The molecule has 0 amide bonds. The lowest BCUT2D eigenvalue weighted by Crippen LogP contribution is -2.57. The molecule has 0 saturated heterocycles. The first-order valence-corrected chi connectivity index (χ1v) is 7.84. The number of nitrogens with zero attached hydrogens (tertiary/aromatic N) is 3. The molecule has 2 aromatic rings. The largest absolute Gasteiger partial charge is 0.386 e. The molecule has 0 saturated carbocycles. The van der Waals surface area contributed by atoms with Gasteiger partial charge in [0.25, 0.3) is 0 Å². The number of imidazole rings is 1. The molecule has 0 radical (unpaired) electrons. The van der Waals surface area contributed by atoms with Crippen molar-refractivity contribution in [3.63, 3.8) is 0 Å². The summed E-state index contributed by atoms with van der Waals surface area (Å²) in [6.45, 7) is 4.15. The van der Waals surface area contributed by atoms with E-state index >= 15 is 0 Å². The van der Waals surface area contributed by atoms with Crippen LogP contribution in [-0.2, 0) is 16.1 Å². The second kappa shape index (κ2) is 6.03. The summed E-state index contributed by atoms with van der Waals surface area (Å²) in [5.74, 6) is 0. The summed E-state index contributed by atoms with van der Waals surface area (Å²) in [6.07, 6.45) is 3.87. The van der Waals surface area contributed by atoms with E-state index in [-0.39, 0.29) is 0 Å². The zero-order valence-corrected chi connectivity index (χ0v) is 14.4. The van der Waals surface area contributed by atoms with Crippen LogP contribution in [0.1, 0.15) is 29.9 Å². The fourth-order valence-corrected chi connectivity index (χ4v) is 3.09. The molecule has 0 fully saturated rings. The number of benzene rings is 1. The highest BCUT2D eigenvalue weighted by Crippen LogP contribution is 2.40. The normalized spacial score (nSPS) is 22.1. The molecule has 24 heavy (non-hydrogen) atoms. The van der Waals surface area contributed by atoms with E-state index in [0.29, 0.717) is 23.0 Å². The number of oxime groups is 1. The fraction of sp³-hybridized carbons (Fsp3) is 0.353. The van der Waals surface area contributed by atoms with Crippen molar-refractivity contribution in [2.75, 3.05) is 7.11 Å². The maximum atomic E-state index is 11.2. The van der Waals surface area contributed by atoms with Gasteiger partial charge in [0.05, 0.1) is 19.1 Å². The third-order valence-corrected chi connectivity index (χ3v) is 4.70. The number of methoxy groups -OCH3 is 1. The van der Waals surface area contributed by atoms with Gasteiger partial charge in [-0.2, -0.15) is 0 Å². The fourth-order valence-electron chi connectivity index (χ4n) is 2.96. The zero-order chi connectivity index (χ0) is 17.4. The van der Waals surface area contributed by atoms with E-state index in [9.17, 15) is 4.79 Å². The summed E-state index contributed by atoms with van der Waals surface area (Å²) in [7, 11) is 1.61. The molecule has 1 aromatic heterocycles. The molecule has 3 rings (SSSR count). The number of aromatic nitrogens is 2. The van der Waals surface area contributed by atoms with Gasteiger partial charge in [-0.15, -0.1) is 0 Å². The Bertz CT molecular complexity index is 783. The first kappa shape index (κ1) is 16.7. The molecule has 7 heteroatoms. The standard InChI is InChI=1S/C17H18ClN3O3/c1-16(2)17(23-3,10-21-11-19-8-14(21)9-22)15(20-24-16)12-4-6-13(18)7-5-12/h4-9,11H,10H2,1-3H3. The smallest absolute Gasteiger partial charge is 0.173 e. The number of halogens is 1. The van der Waals surface area contributed by atoms with Gasteiger partial charge in [0.1, 0.15) is 11.4 Å². The van der Waals surface area contributed by atoms with Gasteiger partial charge in [-0.1, -0.05) is 28.9 Å². The van der Waals surface area contributed by atoms with Gasteiger partial charge in [-0.25, -0.2) is 4.98 Å². The van der Waals surface area contributed by atoms with Gasteiger partial charge >= 0.3 is 0 Å². The minimum absolute atomic E-state index is 0.339. The van der Waals surface area contributed by atoms with Crippen LogP contribution >= 0.6 is 11.6 Å². The Balaban J connectivity index is 2.08. The van der Waals surface area contributed by atoms with E-state index in [0.717, 1.165) is 11.8 Å². The number of carbonyl (C=O) groups is 1. The summed E-state index contributed by atoms with van der Waals surface area (Å²) >= 11 is 5.98. The Kier molecular flexibility index (Phi) is 4.19. The molecule has 126 valence electrons. The maximum absolute atomic E-state index is 11.2. The Labute approximate surface area is 145 Å². The summed E-state index contributed by atoms with van der Waals surface area (Å²) < 4.78 is 7.67. The summed E-state index contributed by atoms with van der Waals surface area (Å²) in [6, 6.07) is 7.32. The molecule has 1 aliphatic rings. The Morgan fingerprint density at radius 1 is 1.33 bits per heavy atom. The molecule has 0 spiro atoms. The van der Waals surface area contributed by atoms with Crippen molar-refractivity contribution in [2.45, 2.75) is 31.6 Å². The van der Waals surface area contributed by atoms with Crippen LogP contribution in [0.3, 0.4) is 0 Å². The minimum atomic E-state index is -0.890. The Hall–Kier alpha value is -2.18. The molecule has 0 aliphatic carbocycles. The molecule has 2 heterocycles. The van der Waals surface area contributed by atoms with Gasteiger partial charge in [0, 0.05) is 17.7 Å². The lowest BCUT2D eigenvalue weighted by atomic mass is 9.79. The van der Waals surface area contributed by atoms with Gasteiger partial charge in [0.2, 0.25) is 0 Å². The number of rotatable bonds is 5. The third kappa shape index (κ3) is 2.52. The first-order valence-electron chi connectivity index (χ1n) is 7.46. The predicted molar refractivity (Wildman–Crippen MR) is 90.5 cm³/mol. The summed E-state index contributed by atoms with van der Waals surface area (Å²) in [5.41, 5.74) is 0.335. The molecule has 0 N–H and O–H groups in total. The average molecular weight is 348 g/mol. The van der Waals surface area contributed by atoms with E-state index < -0.39 is 11.2 Å². The summed E-state index contributed by atoms with van der Waals surface area (Å²) in [5, 5.41) is 4.91. The number of ether oxygens (including phenoxy) is 1. The lowest BCUT2D eigenvalue weighted by molar-refractivity contribution is -0.126. The van der Waals surface area contributed by atoms with Gasteiger partial charge in [-0.05, 0) is 26.0 Å². The first-order chi connectivity index (χ1) is 11.4. The van der Waals surface area contributed by atoms with Crippen LogP contribution in [0.15, 0.2) is 41.9 Å². The van der Waals surface area contributed by atoms with E-state index in [1.54, 1.807) is 30.1 Å². The van der Waals surface area contributed by atoms with E-state index in [4.69, 9.17) is 21.2 Å². The van der Waals surface area contributed by atoms with E-state index in [1.807, 2.05) is 26.0 Å². The number of aldehydes is 1. The van der Waals surface area contributed by atoms with Crippen LogP contribution < -0.4 is 0 Å². The molecular formula is C17H18ClN3O3. The SMILES string of the molecule is COC1(Cn2cncc2C=O)C(c2ccc(Cl)cc2)=NOC1(C)C. The van der Waals surface area contributed by atoms with E-state index in [2.05, 4.69) is 10.1 Å². The molecule has 1 aromatic carbocycles. The average Bonchev–Trinajstić information content (AvgIpc) is 3.11. The number of hydrogen-bond donors (Lipinski definition) is 0. The van der Waals surface area contributed by atoms with Crippen molar-refractivity contribution in [3.05, 3.63) is 53.1 Å². The maximum Gasteiger partial charge on any atom is 0.173 e. The van der Waals surface area contributed by atoms with Crippen LogP contribution in [0.25, 0.3) is 0 Å². The molecule has 0 bridgehead atoms. The van der Waals surface area contributed by atoms with Gasteiger partial charge in [-0.3, -0.25) is 4.79 Å². The quantitative estimate of drug-likeness (QED) is 0.780. The Morgan fingerprint density at radius 2 is 2.04 bits per heavy atom. The second-order valence-electron chi connectivity index (χ2n) is 6.14. The second-order valence-corrected chi connectivity index (χ2v) is 6.58. The van der Waals surface area contributed by atoms with Crippen LogP contribution in [0.4, 0.5) is 0 Å². The zero-order valence-electron chi connectivity index (χ0n) is 13.7. The van der Waals surface area contributed by atoms with Crippen LogP contribution in [0, 0.1) is 0 Å². The number of hydrogen-bond acceptors (Lipinski definition) is 5. The molecule has 1 atom stereocenters. The van der Waals surface area contributed by atoms with Crippen LogP contribution in [0.5, 0.6) is 0 Å². The lowest BCUT2D eigenvalue weighted by Gasteiger charge is -2.38. The highest BCUT2D eigenvalue weighted by atomic mass is 35.5. The highest BCUT2D eigenvalue weighted by Gasteiger charge is 2.57. The monoisotopic (exact) mass is 347 g/mol. The Morgan fingerprint density at radius 3 is 2.67 bits per heavy atom. The van der Waals surface area contributed by atoms with Crippen LogP contribution in [0.2, 0.25) is 5.02 Å². The van der Waals surface area contributed by atoms with Crippen molar-refractivity contribution < 1.29 is 14.4 Å². The van der Waals surface area contributed by atoms with E-state index in [1.165, 1.54) is 6.20 Å². The highest BCUT2D eigenvalue weighted by molar-refractivity contribution is 6.30. The van der Waals surface area contributed by atoms with Crippen molar-refractivity contribution >= 4 is 23.6 Å². The topological polar surface area (TPSA) is 65.7 Å². The minimum Gasteiger partial charge on any atom is -0.386 e. The number of carbonyl (C=O) groups excluding carboxylic acids is 1.